The van der Waals surface area contributed by atoms with Crippen molar-refractivity contribution in [1.29, 1.82) is 0 Å². The second kappa shape index (κ2) is 6.50. The van der Waals surface area contributed by atoms with E-state index >= 15 is 0 Å². The number of rotatable bonds is 2. The minimum atomic E-state index is -0.767. The molecule has 0 spiro atoms. The van der Waals surface area contributed by atoms with Crippen LogP contribution >= 0.6 is 12.4 Å². The van der Waals surface area contributed by atoms with E-state index in [1.165, 1.54) is 6.07 Å². The molecule has 22 heavy (non-hydrogen) atoms. The van der Waals surface area contributed by atoms with E-state index < -0.39 is 5.54 Å². The van der Waals surface area contributed by atoms with Gasteiger partial charge in [0, 0.05) is 17.1 Å². The molecule has 0 unspecified atom stereocenters. The number of carbonyl (C=O) groups excluding carboxylic acids is 1. The first kappa shape index (κ1) is 16.5. The van der Waals surface area contributed by atoms with E-state index in [9.17, 15) is 9.59 Å². The largest absolute Gasteiger partial charge is 0.423 e. The molecule has 3 N–H and O–H groups in total. The SMILES string of the molecule is Cl.NC1(C(=O)Nc2ccc3oc(=O)ccc3c2)CCCCC1. The molecule has 1 heterocycles. The minimum Gasteiger partial charge on any atom is -0.423 e. The smallest absolute Gasteiger partial charge is 0.336 e. The summed E-state index contributed by atoms with van der Waals surface area (Å²) in [6, 6.07) is 8.21. The molecule has 1 aliphatic carbocycles. The number of carbonyl (C=O) groups is 1. The predicted molar refractivity (Wildman–Crippen MR) is 88.4 cm³/mol. The molecule has 1 aromatic carbocycles. The fourth-order valence-corrected chi connectivity index (χ4v) is 2.81. The number of benzene rings is 1. The highest BCUT2D eigenvalue weighted by Gasteiger charge is 2.35. The Morgan fingerprint density at radius 3 is 2.59 bits per heavy atom. The maximum absolute atomic E-state index is 12.4. The summed E-state index contributed by atoms with van der Waals surface area (Å²) in [7, 11) is 0. The summed E-state index contributed by atoms with van der Waals surface area (Å²) in [6.07, 6.45) is 4.57. The van der Waals surface area contributed by atoms with Gasteiger partial charge in [0.1, 0.15) is 5.58 Å². The molecule has 0 saturated heterocycles. The molecular weight excluding hydrogens is 304 g/mol. The maximum atomic E-state index is 12.4. The summed E-state index contributed by atoms with van der Waals surface area (Å²) in [5.74, 6) is -0.140. The van der Waals surface area contributed by atoms with Gasteiger partial charge in [-0.1, -0.05) is 19.3 Å². The highest BCUT2D eigenvalue weighted by Crippen LogP contribution is 2.27. The normalized spacial score (nSPS) is 16.8. The summed E-state index contributed by atoms with van der Waals surface area (Å²) >= 11 is 0. The molecule has 1 fully saturated rings. The number of hydrogen-bond donors (Lipinski definition) is 2. The molecule has 5 nitrogen and oxygen atoms in total. The topological polar surface area (TPSA) is 85.3 Å². The van der Waals surface area contributed by atoms with Crippen molar-refractivity contribution < 1.29 is 9.21 Å². The van der Waals surface area contributed by atoms with Crippen LogP contribution < -0.4 is 16.7 Å². The number of amides is 1. The maximum Gasteiger partial charge on any atom is 0.336 e. The lowest BCUT2D eigenvalue weighted by molar-refractivity contribution is -0.122. The highest BCUT2D eigenvalue weighted by atomic mass is 35.5. The Balaban J connectivity index is 0.00000176. The van der Waals surface area contributed by atoms with Crippen LogP contribution in [0.4, 0.5) is 5.69 Å². The van der Waals surface area contributed by atoms with Crippen LogP contribution in [-0.2, 0) is 4.79 Å². The van der Waals surface area contributed by atoms with Gasteiger partial charge < -0.3 is 15.5 Å². The van der Waals surface area contributed by atoms with Gasteiger partial charge in [-0.25, -0.2) is 4.79 Å². The predicted octanol–water partition coefficient (Wildman–Crippen LogP) is 2.81. The molecule has 0 aliphatic heterocycles. The summed E-state index contributed by atoms with van der Waals surface area (Å²) in [4.78, 5) is 23.5. The van der Waals surface area contributed by atoms with Crippen molar-refractivity contribution in [3.8, 4) is 0 Å². The number of anilines is 1. The summed E-state index contributed by atoms with van der Waals surface area (Å²) in [5.41, 5.74) is 6.22. The summed E-state index contributed by atoms with van der Waals surface area (Å²) < 4.78 is 5.06. The Hall–Kier alpha value is -1.85. The van der Waals surface area contributed by atoms with Gasteiger partial charge in [-0.05, 0) is 37.1 Å². The third-order valence-electron chi connectivity index (χ3n) is 4.08. The fourth-order valence-electron chi connectivity index (χ4n) is 2.81. The molecule has 0 bridgehead atoms. The monoisotopic (exact) mass is 322 g/mol. The third kappa shape index (κ3) is 3.31. The first-order chi connectivity index (χ1) is 10.1. The van der Waals surface area contributed by atoms with Gasteiger partial charge in [-0.15, -0.1) is 12.4 Å². The molecule has 1 aliphatic rings. The number of halogens is 1. The van der Waals surface area contributed by atoms with Crippen molar-refractivity contribution in [2.45, 2.75) is 37.6 Å². The van der Waals surface area contributed by atoms with Crippen molar-refractivity contribution in [3.63, 3.8) is 0 Å². The lowest BCUT2D eigenvalue weighted by atomic mass is 9.82. The number of hydrogen-bond acceptors (Lipinski definition) is 4. The van der Waals surface area contributed by atoms with Crippen LogP contribution in [0.5, 0.6) is 0 Å². The molecule has 3 rings (SSSR count). The lowest BCUT2D eigenvalue weighted by Crippen LogP contribution is -2.52. The summed E-state index contributed by atoms with van der Waals surface area (Å²) in [6.45, 7) is 0. The van der Waals surface area contributed by atoms with Crippen LogP contribution in [0, 0.1) is 0 Å². The van der Waals surface area contributed by atoms with Crippen molar-refractivity contribution >= 4 is 35.0 Å². The van der Waals surface area contributed by atoms with Crippen molar-refractivity contribution in [3.05, 3.63) is 40.8 Å². The van der Waals surface area contributed by atoms with E-state index in [0.29, 0.717) is 11.3 Å². The second-order valence-electron chi connectivity index (χ2n) is 5.68. The van der Waals surface area contributed by atoms with Gasteiger partial charge in [0.15, 0.2) is 0 Å². The molecular formula is C16H19ClN2O3. The molecule has 1 amide bonds. The number of fused-ring (bicyclic) bond motifs is 1. The number of nitrogens with two attached hydrogens (primary N) is 1. The third-order valence-corrected chi connectivity index (χ3v) is 4.08. The Bertz CT molecular complexity index is 735. The Morgan fingerprint density at radius 1 is 1.14 bits per heavy atom. The van der Waals surface area contributed by atoms with Crippen molar-refractivity contribution in [2.24, 2.45) is 5.73 Å². The van der Waals surface area contributed by atoms with Crippen LogP contribution in [0.1, 0.15) is 32.1 Å². The van der Waals surface area contributed by atoms with Gasteiger partial charge in [0.25, 0.3) is 0 Å². The van der Waals surface area contributed by atoms with Crippen molar-refractivity contribution in [2.75, 3.05) is 5.32 Å². The summed E-state index contributed by atoms with van der Waals surface area (Å²) in [5, 5.41) is 3.64. The van der Waals surface area contributed by atoms with Gasteiger partial charge in [-0.3, -0.25) is 4.79 Å². The quantitative estimate of drug-likeness (QED) is 0.832. The van der Waals surface area contributed by atoms with Gasteiger partial charge >= 0.3 is 5.63 Å². The molecule has 1 aromatic heterocycles. The van der Waals surface area contributed by atoms with Gasteiger partial charge in [0.05, 0.1) is 5.54 Å². The van der Waals surface area contributed by atoms with Gasteiger partial charge in [0.2, 0.25) is 5.91 Å². The van der Waals surface area contributed by atoms with Crippen LogP contribution in [-0.4, -0.2) is 11.4 Å². The first-order valence-electron chi connectivity index (χ1n) is 7.21. The zero-order chi connectivity index (χ0) is 14.9. The second-order valence-corrected chi connectivity index (χ2v) is 5.68. The number of nitrogens with one attached hydrogen (secondary N) is 1. The van der Waals surface area contributed by atoms with Gasteiger partial charge in [-0.2, -0.15) is 0 Å². The average Bonchev–Trinajstić information content (AvgIpc) is 2.48. The van der Waals surface area contributed by atoms with E-state index in [4.69, 9.17) is 10.2 Å². The minimum absolute atomic E-state index is 0. The van der Waals surface area contributed by atoms with Crippen LogP contribution in [0.15, 0.2) is 39.5 Å². The fraction of sp³-hybridized carbons (Fsp3) is 0.375. The zero-order valence-electron chi connectivity index (χ0n) is 12.1. The molecule has 0 radical (unpaired) electrons. The van der Waals surface area contributed by atoms with E-state index in [0.717, 1.165) is 37.5 Å². The Morgan fingerprint density at radius 2 is 1.86 bits per heavy atom. The molecule has 1 saturated carbocycles. The molecule has 0 atom stereocenters. The van der Waals surface area contributed by atoms with E-state index in [-0.39, 0.29) is 23.9 Å². The standard InChI is InChI=1S/C16H18N2O3.ClH/c17-16(8-2-1-3-9-16)15(20)18-12-5-6-13-11(10-12)4-7-14(19)21-13;/h4-7,10H,1-3,8-9,17H2,(H,18,20);1H. The Kier molecular flexibility index (Phi) is 4.88. The molecule has 2 aromatic rings. The molecule has 118 valence electrons. The lowest BCUT2D eigenvalue weighted by Gasteiger charge is -2.31. The zero-order valence-corrected chi connectivity index (χ0v) is 12.9. The van der Waals surface area contributed by atoms with E-state index in [1.807, 2.05) is 0 Å². The van der Waals surface area contributed by atoms with Crippen LogP contribution in [0.2, 0.25) is 0 Å². The van der Waals surface area contributed by atoms with Crippen molar-refractivity contribution in [1.82, 2.24) is 0 Å². The Labute approximate surface area is 134 Å². The van der Waals surface area contributed by atoms with E-state index in [2.05, 4.69) is 5.32 Å². The highest BCUT2D eigenvalue weighted by molar-refractivity contribution is 5.99. The van der Waals surface area contributed by atoms with E-state index in [1.54, 1.807) is 24.3 Å². The average molecular weight is 323 g/mol. The molecule has 6 heteroatoms. The van der Waals surface area contributed by atoms with Crippen LogP contribution in [0.3, 0.4) is 0 Å². The van der Waals surface area contributed by atoms with Crippen LogP contribution in [0.25, 0.3) is 11.0 Å². The first-order valence-corrected chi connectivity index (χ1v) is 7.21.